The summed E-state index contributed by atoms with van der Waals surface area (Å²) < 4.78 is 5.07. The largest absolute Gasteiger partial charge is 0.466 e. The number of aryl methyl sites for hydroxylation is 1. The Morgan fingerprint density at radius 1 is 1.27 bits per heavy atom. The second-order valence-electron chi connectivity index (χ2n) is 3.56. The molecule has 2 heteroatoms. The topological polar surface area (TPSA) is 26.3 Å². The molecule has 0 saturated heterocycles. The summed E-state index contributed by atoms with van der Waals surface area (Å²) >= 11 is 0. The van der Waals surface area contributed by atoms with Gasteiger partial charge in [0.05, 0.1) is 6.61 Å². The predicted molar refractivity (Wildman–Crippen MR) is 60.6 cm³/mol. The molecule has 0 heterocycles. The van der Waals surface area contributed by atoms with Crippen molar-refractivity contribution in [3.05, 3.63) is 35.9 Å². The van der Waals surface area contributed by atoms with Crippen LogP contribution in [0, 0.1) is 0 Å². The lowest BCUT2D eigenvalue weighted by molar-refractivity contribution is -0.143. The van der Waals surface area contributed by atoms with Crippen LogP contribution >= 0.6 is 0 Å². The van der Waals surface area contributed by atoms with Crippen molar-refractivity contribution in [3.8, 4) is 0 Å². The molecule has 0 aliphatic heterocycles. The Balaban J connectivity index is 2.17. The van der Waals surface area contributed by atoms with Gasteiger partial charge in [-0.3, -0.25) is 4.79 Å². The molecule has 0 fully saturated rings. The van der Waals surface area contributed by atoms with Crippen LogP contribution in [0.1, 0.15) is 31.7 Å². The van der Waals surface area contributed by atoms with Gasteiger partial charge in [0, 0.05) is 6.42 Å². The first-order chi connectivity index (χ1) is 7.33. The smallest absolute Gasteiger partial charge is 0.306 e. The Kier molecular flexibility index (Phi) is 5.52. The van der Waals surface area contributed by atoms with Crippen molar-refractivity contribution in [1.82, 2.24) is 0 Å². The minimum Gasteiger partial charge on any atom is -0.466 e. The first kappa shape index (κ1) is 11.8. The second kappa shape index (κ2) is 7.04. The Morgan fingerprint density at radius 3 is 2.67 bits per heavy atom. The van der Waals surface area contributed by atoms with Gasteiger partial charge in [-0.1, -0.05) is 43.7 Å². The third-order valence-electron chi connectivity index (χ3n) is 2.22. The summed E-state index contributed by atoms with van der Waals surface area (Å²) in [6.07, 6.45) is 3.27. The maximum absolute atomic E-state index is 11.3. The zero-order valence-corrected chi connectivity index (χ0v) is 9.24. The van der Waals surface area contributed by atoms with Crippen LogP contribution in [0.25, 0.3) is 0 Å². The van der Waals surface area contributed by atoms with Crippen LogP contribution in [0.3, 0.4) is 0 Å². The Morgan fingerprint density at radius 2 is 2.00 bits per heavy atom. The molecule has 0 bridgehead atoms. The van der Waals surface area contributed by atoms with Gasteiger partial charge in [-0.15, -0.1) is 0 Å². The first-order valence-electron chi connectivity index (χ1n) is 5.52. The van der Waals surface area contributed by atoms with E-state index < -0.39 is 0 Å². The van der Waals surface area contributed by atoms with E-state index in [2.05, 4.69) is 6.92 Å². The lowest BCUT2D eigenvalue weighted by Crippen LogP contribution is -2.06. The fourth-order valence-electron chi connectivity index (χ4n) is 1.29. The summed E-state index contributed by atoms with van der Waals surface area (Å²) in [6.45, 7) is 2.64. The van der Waals surface area contributed by atoms with Crippen LogP contribution in [0.5, 0.6) is 0 Å². The SMILES string of the molecule is CCCCOC(=O)CCc1ccccc1. The van der Waals surface area contributed by atoms with Gasteiger partial charge >= 0.3 is 5.97 Å². The summed E-state index contributed by atoms with van der Waals surface area (Å²) in [7, 11) is 0. The van der Waals surface area contributed by atoms with Crippen molar-refractivity contribution in [2.45, 2.75) is 32.6 Å². The highest BCUT2D eigenvalue weighted by Crippen LogP contribution is 2.03. The summed E-state index contributed by atoms with van der Waals surface area (Å²) in [5.74, 6) is -0.0905. The molecule has 0 unspecified atom stereocenters. The maximum atomic E-state index is 11.3. The van der Waals surface area contributed by atoms with Crippen molar-refractivity contribution >= 4 is 5.97 Å². The number of benzene rings is 1. The average Bonchev–Trinajstić information content (AvgIpc) is 2.28. The Bertz CT molecular complexity index is 280. The third-order valence-corrected chi connectivity index (χ3v) is 2.22. The second-order valence-corrected chi connectivity index (χ2v) is 3.56. The monoisotopic (exact) mass is 206 g/mol. The molecule has 0 amide bonds. The van der Waals surface area contributed by atoms with Gasteiger partial charge in [0.1, 0.15) is 0 Å². The van der Waals surface area contributed by atoms with Crippen molar-refractivity contribution < 1.29 is 9.53 Å². The van der Waals surface area contributed by atoms with Gasteiger partial charge in [0.25, 0.3) is 0 Å². The lowest BCUT2D eigenvalue weighted by Gasteiger charge is -2.03. The van der Waals surface area contributed by atoms with E-state index in [9.17, 15) is 4.79 Å². The molecule has 2 nitrogen and oxygen atoms in total. The molecule has 0 aromatic heterocycles. The van der Waals surface area contributed by atoms with E-state index >= 15 is 0 Å². The normalized spacial score (nSPS) is 9.93. The van der Waals surface area contributed by atoms with Gasteiger partial charge in [-0.25, -0.2) is 0 Å². The zero-order valence-electron chi connectivity index (χ0n) is 9.24. The number of rotatable bonds is 6. The van der Waals surface area contributed by atoms with E-state index in [0.29, 0.717) is 13.0 Å². The molecule has 0 N–H and O–H groups in total. The number of esters is 1. The zero-order chi connectivity index (χ0) is 10.9. The van der Waals surface area contributed by atoms with Crippen LogP contribution < -0.4 is 0 Å². The molecule has 0 aliphatic rings. The van der Waals surface area contributed by atoms with Crippen molar-refractivity contribution in [2.24, 2.45) is 0 Å². The van der Waals surface area contributed by atoms with Crippen LogP contribution in [0.2, 0.25) is 0 Å². The average molecular weight is 206 g/mol. The third kappa shape index (κ3) is 5.21. The lowest BCUT2D eigenvalue weighted by atomic mass is 10.1. The molecule has 1 aromatic rings. The molecular weight excluding hydrogens is 188 g/mol. The predicted octanol–water partition coefficient (Wildman–Crippen LogP) is 2.96. The molecule has 82 valence electrons. The van der Waals surface area contributed by atoms with Crippen molar-refractivity contribution in [3.63, 3.8) is 0 Å². The molecule has 0 saturated carbocycles. The van der Waals surface area contributed by atoms with E-state index in [1.165, 1.54) is 5.56 Å². The first-order valence-corrected chi connectivity index (χ1v) is 5.52. The number of hydrogen-bond acceptors (Lipinski definition) is 2. The van der Waals surface area contributed by atoms with Crippen LogP contribution in [-0.4, -0.2) is 12.6 Å². The molecule has 0 spiro atoms. The summed E-state index contributed by atoms with van der Waals surface area (Å²) in [4.78, 5) is 11.3. The summed E-state index contributed by atoms with van der Waals surface area (Å²) in [5, 5.41) is 0. The Labute approximate surface area is 91.3 Å². The van der Waals surface area contributed by atoms with Gasteiger partial charge < -0.3 is 4.74 Å². The molecule has 0 atom stereocenters. The van der Waals surface area contributed by atoms with Crippen molar-refractivity contribution in [1.29, 1.82) is 0 Å². The van der Waals surface area contributed by atoms with E-state index in [1.54, 1.807) is 0 Å². The van der Waals surface area contributed by atoms with Crippen LogP contribution in [0.4, 0.5) is 0 Å². The molecule has 15 heavy (non-hydrogen) atoms. The molecule has 1 rings (SSSR count). The van der Waals surface area contributed by atoms with E-state index in [0.717, 1.165) is 19.3 Å². The molecule has 0 radical (unpaired) electrons. The van der Waals surface area contributed by atoms with Gasteiger partial charge in [-0.05, 0) is 18.4 Å². The van der Waals surface area contributed by atoms with Crippen LogP contribution in [-0.2, 0) is 16.0 Å². The maximum Gasteiger partial charge on any atom is 0.306 e. The van der Waals surface area contributed by atoms with Crippen LogP contribution in [0.15, 0.2) is 30.3 Å². The van der Waals surface area contributed by atoms with E-state index in [4.69, 9.17) is 4.74 Å². The summed E-state index contributed by atoms with van der Waals surface area (Å²) in [5.41, 5.74) is 1.19. The summed E-state index contributed by atoms with van der Waals surface area (Å²) in [6, 6.07) is 10.00. The molecule has 0 aliphatic carbocycles. The minimum atomic E-state index is -0.0905. The number of unbranched alkanes of at least 4 members (excludes halogenated alkanes) is 1. The fourth-order valence-corrected chi connectivity index (χ4v) is 1.29. The Hall–Kier alpha value is -1.31. The van der Waals surface area contributed by atoms with E-state index in [1.807, 2.05) is 30.3 Å². The molecule has 1 aromatic carbocycles. The van der Waals surface area contributed by atoms with E-state index in [-0.39, 0.29) is 5.97 Å². The van der Waals surface area contributed by atoms with Gasteiger partial charge in [0.15, 0.2) is 0 Å². The molecular formula is C13H18O2. The van der Waals surface area contributed by atoms with Gasteiger partial charge in [-0.2, -0.15) is 0 Å². The standard InChI is InChI=1S/C13H18O2/c1-2-3-11-15-13(14)10-9-12-7-5-4-6-8-12/h4-8H,2-3,9-11H2,1H3. The number of ether oxygens (including phenoxy) is 1. The highest BCUT2D eigenvalue weighted by molar-refractivity contribution is 5.69. The fraction of sp³-hybridized carbons (Fsp3) is 0.462. The van der Waals surface area contributed by atoms with Crippen molar-refractivity contribution in [2.75, 3.05) is 6.61 Å². The highest BCUT2D eigenvalue weighted by atomic mass is 16.5. The number of carbonyl (C=O) groups is 1. The number of hydrogen-bond donors (Lipinski definition) is 0. The highest BCUT2D eigenvalue weighted by Gasteiger charge is 2.02. The minimum absolute atomic E-state index is 0.0905. The van der Waals surface area contributed by atoms with Gasteiger partial charge in [0.2, 0.25) is 0 Å². The quantitative estimate of drug-likeness (QED) is 0.528. The number of carbonyl (C=O) groups excluding carboxylic acids is 1.